The fraction of sp³-hybridized carbons (Fsp3) is 0.939. The highest BCUT2D eigenvalue weighted by Crippen LogP contribution is 2.40. The number of hydrogen-bond acceptors (Lipinski definition) is 37. The van der Waals surface area contributed by atoms with E-state index in [0.29, 0.717) is 12.8 Å². The first-order valence-corrected chi connectivity index (χ1v) is 44.3. The molecule has 712 valence electrons. The van der Waals surface area contributed by atoms with Crippen LogP contribution in [0.4, 0.5) is 0 Å². The van der Waals surface area contributed by atoms with Crippen LogP contribution in [0.3, 0.4) is 0 Å². The third-order valence-corrected chi connectivity index (χ3v) is 23.8. The van der Waals surface area contributed by atoms with Crippen LogP contribution in [0.25, 0.3) is 0 Å². The van der Waals surface area contributed by atoms with Gasteiger partial charge in [0.2, 0.25) is 17.7 Å². The first-order valence-electron chi connectivity index (χ1n) is 44.3. The highest BCUT2D eigenvalue weighted by molar-refractivity contribution is 5.76. The Morgan fingerprint density at radius 3 is 1.14 bits per heavy atom. The van der Waals surface area contributed by atoms with Crippen molar-refractivity contribution in [3.8, 4) is 0 Å². The molecule has 0 aromatic heterocycles. The SMILES string of the molecule is CCCCCCCCCCCCC/C=C/[C@@H](O)[C@H](CO[C@@H]1OC(CO)[C@@H](O[C@@H]2OC(CO)[C@H](O[C@@H]3OC(CO)[C@H](O)[C@H](O[C@@H]4OC(CO)[C@H](O)[C@H](O[C@@H]5OC(CO)[C@@H](O[C@@H]6OC(CO)[C@H](O)[C@H](O)C6O)[C@H](O[C@H]6OC(C)[C@@H](O)C(O)[C@@H]6O)C5NC(C)=O)C4O)C3NC(C)=O)[C@H](O)C2O)[C@H](O)C1O)NC(=O)CCCCCCCCCCCCCCCCC. The molecule has 0 aliphatic carbocycles. The second-order valence-electron chi connectivity index (χ2n) is 33.4. The van der Waals surface area contributed by atoms with Gasteiger partial charge >= 0.3 is 0 Å². The zero-order valence-corrected chi connectivity index (χ0v) is 71.1. The Hall–Kier alpha value is -3.21. The predicted octanol–water partition coefficient (Wildman–Crippen LogP) is -3.57. The number of allylic oxidation sites excluding steroid dienone is 1. The van der Waals surface area contributed by atoms with Crippen LogP contribution in [-0.2, 0) is 80.7 Å². The normalized spacial score (nSPS) is 38.9. The van der Waals surface area contributed by atoms with Crippen LogP contribution in [-0.4, -0.2) is 393 Å². The second kappa shape index (κ2) is 55.1. The Morgan fingerprint density at radius 1 is 0.336 bits per heavy atom. The number of aliphatic hydroxyl groups is 20. The van der Waals surface area contributed by atoms with Crippen LogP contribution in [0.1, 0.15) is 214 Å². The maximum Gasteiger partial charge on any atom is 0.220 e. The minimum absolute atomic E-state index is 0.168. The Bertz CT molecular complexity index is 2910. The third-order valence-electron chi connectivity index (χ3n) is 23.8. The van der Waals surface area contributed by atoms with E-state index in [1.165, 1.54) is 116 Å². The Labute approximate surface area is 713 Å². The summed E-state index contributed by atoms with van der Waals surface area (Å²) in [6.45, 7) is 0.967. The van der Waals surface area contributed by atoms with E-state index in [4.69, 9.17) is 66.3 Å². The number of unbranched alkanes of at least 4 members (excludes halogenated alkanes) is 25. The van der Waals surface area contributed by atoms with E-state index >= 15 is 0 Å². The molecule has 0 radical (unpaired) electrons. The summed E-state index contributed by atoms with van der Waals surface area (Å²) < 4.78 is 84.1. The van der Waals surface area contributed by atoms with Crippen molar-refractivity contribution in [2.75, 3.05) is 46.2 Å². The van der Waals surface area contributed by atoms with E-state index in [-0.39, 0.29) is 12.3 Å². The number of amides is 3. The minimum Gasteiger partial charge on any atom is -0.394 e. The fourth-order valence-electron chi connectivity index (χ4n) is 16.5. The first kappa shape index (κ1) is 106. The van der Waals surface area contributed by atoms with Crippen LogP contribution >= 0.6 is 0 Å². The molecule has 7 aliphatic rings. The molecule has 7 rings (SSSR count). The number of ether oxygens (including phenoxy) is 14. The lowest BCUT2D eigenvalue weighted by Crippen LogP contribution is -2.71. The molecule has 122 heavy (non-hydrogen) atoms. The lowest BCUT2D eigenvalue weighted by Gasteiger charge is -2.52. The van der Waals surface area contributed by atoms with E-state index in [1.807, 2.05) is 6.08 Å². The summed E-state index contributed by atoms with van der Waals surface area (Å²) in [7, 11) is 0. The van der Waals surface area contributed by atoms with Crippen molar-refractivity contribution in [2.45, 2.75) is 441 Å². The zero-order valence-electron chi connectivity index (χ0n) is 71.1. The highest BCUT2D eigenvalue weighted by Gasteiger charge is 2.60. The van der Waals surface area contributed by atoms with Crippen LogP contribution < -0.4 is 16.0 Å². The van der Waals surface area contributed by atoms with E-state index in [9.17, 15) is 117 Å². The summed E-state index contributed by atoms with van der Waals surface area (Å²) >= 11 is 0. The van der Waals surface area contributed by atoms with Crippen LogP contribution in [0, 0.1) is 0 Å². The van der Waals surface area contributed by atoms with Gasteiger partial charge in [0, 0.05) is 20.3 Å². The molecule has 40 heteroatoms. The molecule has 7 aliphatic heterocycles. The van der Waals surface area contributed by atoms with Crippen LogP contribution in [0.5, 0.6) is 0 Å². The van der Waals surface area contributed by atoms with Gasteiger partial charge in [-0.1, -0.05) is 180 Å². The van der Waals surface area contributed by atoms with Crippen LogP contribution in [0.2, 0.25) is 0 Å². The molecule has 0 bridgehead atoms. The molecule has 7 heterocycles. The maximum atomic E-state index is 13.6. The van der Waals surface area contributed by atoms with Gasteiger partial charge in [-0.3, -0.25) is 14.4 Å². The summed E-state index contributed by atoms with van der Waals surface area (Å²) in [5, 5.41) is 232. The maximum absolute atomic E-state index is 13.6. The highest BCUT2D eigenvalue weighted by atomic mass is 16.8. The average Bonchev–Trinajstić information content (AvgIpc) is 0.759. The third kappa shape index (κ3) is 30.7. The number of rotatable bonds is 54. The van der Waals surface area contributed by atoms with Crippen LogP contribution in [0.15, 0.2) is 12.2 Å². The molecular formula is C82H147N3O37. The van der Waals surface area contributed by atoms with E-state index < -0.39 is 285 Å². The standard InChI is InChI=1S/C82H147N3O37/c1-6-8-10-12-14-16-18-20-21-23-25-27-29-31-33-35-54(95)85-46(47(94)34-32-30-28-26-24-22-19-17-15-13-11-9-7-2)42-109-78-67(106)63(102)71(51(39-89)115-78)118-81-68(107)64(103)70(52(40-90)116-81)117-76-55(83-44(4)92)73(59(98)49(37-87)111-76)120-82-69(108)75(60(99)50(38-88)113-82)122-77-56(84-45(5)93)74(121-79-65(104)61(100)57(96)43(3)110-79)72(53(41-91)114-77)119-80-66(105)62(101)58(97)48(36-86)112-80/h32,34,43,46-53,55-82,86-91,94,96-108H,6-31,33,35-42H2,1-5H3,(H,83,92)(H,84,93)(H,85,95)/b34-32+/t43?,46-,47+,48?,49?,50?,51?,52?,53?,55?,56?,57+,58-,59-,60-,61?,62-,63+,64+,65-,66?,67?,68?,69?,70-,71+,72+,73+,74+,75-,76-,77-,78+,79+,80-,81-,82-/m0/s1. The Kier molecular flexibility index (Phi) is 47.8. The average molecular weight is 1770 g/mol. The monoisotopic (exact) mass is 1770 g/mol. The summed E-state index contributed by atoms with van der Waals surface area (Å²) in [6, 6.07) is -4.84. The molecule has 7 saturated heterocycles. The number of hydrogen-bond donors (Lipinski definition) is 23. The molecule has 0 spiro atoms. The summed E-state index contributed by atoms with van der Waals surface area (Å²) in [4.78, 5) is 40.0. The van der Waals surface area contributed by atoms with Crippen molar-refractivity contribution in [1.29, 1.82) is 0 Å². The van der Waals surface area contributed by atoms with E-state index in [2.05, 4.69) is 29.8 Å². The van der Waals surface area contributed by atoms with Gasteiger partial charge in [0.1, 0.15) is 165 Å². The molecule has 37 atom stereocenters. The first-order chi connectivity index (χ1) is 58.5. The van der Waals surface area contributed by atoms with Crippen molar-refractivity contribution in [3.63, 3.8) is 0 Å². The molecular weight excluding hydrogens is 1620 g/mol. The van der Waals surface area contributed by atoms with Gasteiger partial charge in [-0.15, -0.1) is 0 Å². The smallest absolute Gasteiger partial charge is 0.220 e. The van der Waals surface area contributed by atoms with Crippen molar-refractivity contribution < 1.29 is 183 Å². The molecule has 14 unspecified atom stereocenters. The summed E-state index contributed by atoms with van der Waals surface area (Å²) in [6.07, 6.45) is -31.6. The summed E-state index contributed by atoms with van der Waals surface area (Å²) in [5.74, 6) is -2.17. The molecule has 40 nitrogen and oxygen atoms in total. The van der Waals surface area contributed by atoms with Crippen molar-refractivity contribution in [2.24, 2.45) is 0 Å². The topological polar surface area (TPSA) is 621 Å². The Morgan fingerprint density at radius 2 is 0.664 bits per heavy atom. The Balaban J connectivity index is 1.02. The van der Waals surface area contributed by atoms with Gasteiger partial charge in [-0.25, -0.2) is 0 Å². The van der Waals surface area contributed by atoms with Gasteiger partial charge in [0.15, 0.2) is 44.0 Å². The van der Waals surface area contributed by atoms with Gasteiger partial charge in [-0.2, -0.15) is 0 Å². The van der Waals surface area contributed by atoms with Crippen molar-refractivity contribution >= 4 is 17.7 Å². The van der Waals surface area contributed by atoms with Gasteiger partial charge in [0.05, 0.1) is 64.5 Å². The van der Waals surface area contributed by atoms with E-state index in [1.54, 1.807) is 6.08 Å². The largest absolute Gasteiger partial charge is 0.394 e. The lowest BCUT2D eigenvalue weighted by molar-refractivity contribution is -0.392. The number of carbonyl (C=O) groups excluding carboxylic acids is 3. The van der Waals surface area contributed by atoms with Crippen molar-refractivity contribution in [1.82, 2.24) is 16.0 Å². The molecule has 3 amide bonds. The lowest BCUT2D eigenvalue weighted by atomic mass is 9.93. The van der Waals surface area contributed by atoms with Gasteiger partial charge in [-0.05, 0) is 26.2 Å². The molecule has 0 aromatic rings. The van der Waals surface area contributed by atoms with E-state index in [0.717, 1.165) is 65.2 Å². The fourth-order valence-corrected chi connectivity index (χ4v) is 16.5. The zero-order chi connectivity index (χ0) is 89.3. The minimum atomic E-state index is -2.37. The quantitative estimate of drug-likeness (QED) is 0.0207. The molecule has 0 saturated carbocycles. The summed E-state index contributed by atoms with van der Waals surface area (Å²) in [5.41, 5.74) is 0. The molecule has 0 aromatic carbocycles. The van der Waals surface area contributed by atoms with Gasteiger partial charge in [0.25, 0.3) is 0 Å². The van der Waals surface area contributed by atoms with Gasteiger partial charge < -0.3 is 184 Å². The number of aliphatic hydroxyl groups excluding tert-OH is 20. The predicted molar refractivity (Wildman–Crippen MR) is 425 cm³/mol. The van der Waals surface area contributed by atoms with Crippen molar-refractivity contribution in [3.05, 3.63) is 12.2 Å². The molecule has 7 fully saturated rings. The number of nitrogens with one attached hydrogen (secondary N) is 3. The second-order valence-corrected chi connectivity index (χ2v) is 33.4. The number of carbonyl (C=O) groups is 3. The molecule has 23 N–H and O–H groups in total.